The van der Waals surface area contributed by atoms with Crippen LogP contribution in [-0.2, 0) is 4.79 Å². The second-order valence-electron chi connectivity index (χ2n) is 6.08. The molecule has 2 fully saturated rings. The van der Waals surface area contributed by atoms with Gasteiger partial charge in [0.15, 0.2) is 0 Å². The topological polar surface area (TPSA) is 83.8 Å². The van der Waals surface area contributed by atoms with Crippen LogP contribution >= 0.6 is 11.8 Å². The molecule has 0 saturated carbocycles. The highest BCUT2D eigenvalue weighted by Gasteiger charge is 2.38. The van der Waals surface area contributed by atoms with Crippen molar-refractivity contribution < 1.29 is 14.5 Å². The van der Waals surface area contributed by atoms with Crippen LogP contribution in [0.15, 0.2) is 18.2 Å². The quantitative estimate of drug-likeness (QED) is 0.616. The second kappa shape index (κ2) is 6.80. The minimum Gasteiger partial charge on any atom is -0.341 e. The van der Waals surface area contributed by atoms with Gasteiger partial charge in [0.05, 0.1) is 10.8 Å². The predicted octanol–water partition coefficient (Wildman–Crippen LogP) is 2.04. The molecule has 3 rings (SSSR count). The Balaban J connectivity index is 1.79. The summed E-state index contributed by atoms with van der Waals surface area (Å²) in [6, 6.07) is 3.91. The highest BCUT2D eigenvalue weighted by molar-refractivity contribution is 7.99. The molecule has 2 amide bonds. The number of carbonyl (C=O) groups excluding carboxylic acids is 2. The molecule has 1 aromatic rings. The summed E-state index contributed by atoms with van der Waals surface area (Å²) >= 11 is 1.56. The molecule has 1 aromatic carbocycles. The van der Waals surface area contributed by atoms with E-state index in [1.54, 1.807) is 23.6 Å². The van der Waals surface area contributed by atoms with Gasteiger partial charge in [-0.3, -0.25) is 19.7 Å². The summed E-state index contributed by atoms with van der Waals surface area (Å²) in [4.78, 5) is 39.3. The van der Waals surface area contributed by atoms with E-state index in [0.29, 0.717) is 22.8 Å². The van der Waals surface area contributed by atoms with Gasteiger partial charge in [0.1, 0.15) is 6.04 Å². The van der Waals surface area contributed by atoms with Crippen LogP contribution in [0.3, 0.4) is 0 Å². The van der Waals surface area contributed by atoms with E-state index in [1.165, 1.54) is 18.2 Å². The number of hydrogen-bond donors (Lipinski definition) is 0. The molecule has 0 N–H and O–H groups in total. The van der Waals surface area contributed by atoms with Crippen LogP contribution in [0, 0.1) is 17.0 Å². The number of carbonyl (C=O) groups is 2. The van der Waals surface area contributed by atoms with Crippen LogP contribution in [-0.4, -0.2) is 57.3 Å². The number of benzene rings is 1. The van der Waals surface area contributed by atoms with Crippen molar-refractivity contribution in [2.75, 3.05) is 24.7 Å². The van der Waals surface area contributed by atoms with Crippen molar-refractivity contribution in [3.63, 3.8) is 0 Å². The van der Waals surface area contributed by atoms with Gasteiger partial charge in [-0.25, -0.2) is 0 Å². The highest BCUT2D eigenvalue weighted by Crippen LogP contribution is 2.27. The molecule has 24 heavy (non-hydrogen) atoms. The van der Waals surface area contributed by atoms with E-state index in [-0.39, 0.29) is 17.5 Å². The summed E-state index contributed by atoms with van der Waals surface area (Å²) in [5.41, 5.74) is 0.826. The van der Waals surface area contributed by atoms with Gasteiger partial charge in [-0.2, -0.15) is 0 Å². The zero-order valence-corrected chi connectivity index (χ0v) is 14.3. The molecule has 0 bridgehead atoms. The summed E-state index contributed by atoms with van der Waals surface area (Å²) in [7, 11) is 0. The monoisotopic (exact) mass is 349 g/mol. The lowest BCUT2D eigenvalue weighted by molar-refractivity contribution is -0.385. The first-order chi connectivity index (χ1) is 11.5. The zero-order chi connectivity index (χ0) is 17.3. The SMILES string of the molecule is Cc1cc(C(=O)N2CSC[C@H]2C(=O)N2CCCC2)ccc1[N+](=O)[O-]. The van der Waals surface area contributed by atoms with E-state index >= 15 is 0 Å². The molecule has 2 heterocycles. The van der Waals surface area contributed by atoms with Crippen molar-refractivity contribution in [2.24, 2.45) is 0 Å². The molecule has 1 atom stereocenters. The molecule has 8 heteroatoms. The zero-order valence-electron chi connectivity index (χ0n) is 13.4. The van der Waals surface area contributed by atoms with Gasteiger partial charge in [-0.15, -0.1) is 11.8 Å². The fourth-order valence-electron chi connectivity index (χ4n) is 3.15. The molecule has 0 aliphatic carbocycles. The van der Waals surface area contributed by atoms with Gasteiger partial charge in [0.2, 0.25) is 5.91 Å². The van der Waals surface area contributed by atoms with E-state index in [4.69, 9.17) is 0 Å². The minimum atomic E-state index is -0.463. The van der Waals surface area contributed by atoms with Crippen LogP contribution in [0.25, 0.3) is 0 Å². The van der Waals surface area contributed by atoms with Crippen LogP contribution in [0.4, 0.5) is 5.69 Å². The van der Waals surface area contributed by atoms with E-state index in [0.717, 1.165) is 25.9 Å². The first-order valence-electron chi connectivity index (χ1n) is 7.91. The minimum absolute atomic E-state index is 0.00737. The van der Waals surface area contributed by atoms with Gasteiger partial charge in [-0.1, -0.05) is 0 Å². The Morgan fingerprint density at radius 2 is 2.00 bits per heavy atom. The standard InChI is InChI=1S/C16H19N3O4S/c1-11-8-12(4-5-13(11)19(22)23)15(20)18-10-24-9-14(18)16(21)17-6-2-3-7-17/h4-5,8,14H,2-3,6-7,9-10H2,1H3/t14-/m0/s1. The van der Waals surface area contributed by atoms with Gasteiger partial charge in [0.25, 0.3) is 11.6 Å². The van der Waals surface area contributed by atoms with E-state index in [9.17, 15) is 19.7 Å². The fraction of sp³-hybridized carbons (Fsp3) is 0.500. The lowest BCUT2D eigenvalue weighted by Crippen LogP contribution is -2.48. The van der Waals surface area contributed by atoms with E-state index in [1.807, 2.05) is 4.90 Å². The van der Waals surface area contributed by atoms with Crippen molar-refractivity contribution in [3.05, 3.63) is 39.4 Å². The molecule has 0 unspecified atom stereocenters. The Kier molecular flexibility index (Phi) is 4.75. The number of aryl methyl sites for hydroxylation is 1. The van der Waals surface area contributed by atoms with Crippen LogP contribution < -0.4 is 0 Å². The number of nitrogens with zero attached hydrogens (tertiary/aromatic N) is 3. The van der Waals surface area contributed by atoms with Crippen molar-refractivity contribution in [1.82, 2.24) is 9.80 Å². The summed E-state index contributed by atoms with van der Waals surface area (Å²) in [6.45, 7) is 3.14. The maximum atomic E-state index is 12.8. The summed E-state index contributed by atoms with van der Waals surface area (Å²) < 4.78 is 0. The number of nitro benzene ring substituents is 1. The maximum Gasteiger partial charge on any atom is 0.272 e. The number of thioether (sulfide) groups is 1. The normalized spacial score (nSPS) is 20.5. The molecule has 2 saturated heterocycles. The van der Waals surface area contributed by atoms with Crippen molar-refractivity contribution in [2.45, 2.75) is 25.8 Å². The molecule has 7 nitrogen and oxygen atoms in total. The highest BCUT2D eigenvalue weighted by atomic mass is 32.2. The first-order valence-corrected chi connectivity index (χ1v) is 9.07. The van der Waals surface area contributed by atoms with Crippen LogP contribution in [0.1, 0.15) is 28.8 Å². The number of nitro groups is 1. The van der Waals surface area contributed by atoms with Crippen molar-refractivity contribution >= 4 is 29.3 Å². The number of amides is 2. The number of hydrogen-bond acceptors (Lipinski definition) is 5. The lowest BCUT2D eigenvalue weighted by atomic mass is 10.1. The van der Waals surface area contributed by atoms with Gasteiger partial charge in [-0.05, 0) is 31.9 Å². The summed E-state index contributed by atoms with van der Waals surface area (Å²) in [6.07, 6.45) is 2.03. The molecule has 2 aliphatic rings. The molecule has 128 valence electrons. The molecule has 0 radical (unpaired) electrons. The molecule has 0 aromatic heterocycles. The Bertz CT molecular complexity index is 688. The summed E-state index contributed by atoms with van der Waals surface area (Å²) in [5, 5.41) is 10.9. The smallest absolute Gasteiger partial charge is 0.272 e. The van der Waals surface area contributed by atoms with Crippen LogP contribution in [0.2, 0.25) is 0 Å². The van der Waals surface area contributed by atoms with E-state index in [2.05, 4.69) is 0 Å². The molecule has 2 aliphatic heterocycles. The molecular formula is C16H19N3O4S. The molecule has 0 spiro atoms. The fourth-order valence-corrected chi connectivity index (χ4v) is 4.30. The first kappa shape index (κ1) is 16.8. The van der Waals surface area contributed by atoms with Gasteiger partial charge in [0, 0.05) is 36.0 Å². The van der Waals surface area contributed by atoms with E-state index < -0.39 is 11.0 Å². The van der Waals surface area contributed by atoms with Crippen LogP contribution in [0.5, 0.6) is 0 Å². The number of rotatable bonds is 3. The number of likely N-dealkylation sites (tertiary alicyclic amines) is 1. The Labute approximate surface area is 144 Å². The predicted molar refractivity (Wildman–Crippen MR) is 90.9 cm³/mol. The lowest BCUT2D eigenvalue weighted by Gasteiger charge is -2.27. The van der Waals surface area contributed by atoms with Gasteiger partial charge < -0.3 is 9.80 Å². The largest absolute Gasteiger partial charge is 0.341 e. The third-order valence-corrected chi connectivity index (χ3v) is 5.50. The Morgan fingerprint density at radius 1 is 1.29 bits per heavy atom. The average Bonchev–Trinajstić information content (AvgIpc) is 3.24. The molecular weight excluding hydrogens is 330 g/mol. The Hall–Kier alpha value is -2.09. The summed E-state index contributed by atoms with van der Waals surface area (Å²) in [5.74, 6) is 0.853. The van der Waals surface area contributed by atoms with Crippen molar-refractivity contribution in [1.29, 1.82) is 0 Å². The van der Waals surface area contributed by atoms with Crippen molar-refractivity contribution in [3.8, 4) is 0 Å². The van der Waals surface area contributed by atoms with Gasteiger partial charge >= 0.3 is 0 Å². The maximum absolute atomic E-state index is 12.8. The Morgan fingerprint density at radius 3 is 2.62 bits per heavy atom. The second-order valence-corrected chi connectivity index (χ2v) is 7.08. The third-order valence-electron chi connectivity index (χ3n) is 4.49. The average molecular weight is 349 g/mol. The third kappa shape index (κ3) is 3.10.